The molecule has 1 aliphatic heterocycles. The van der Waals surface area contributed by atoms with Gasteiger partial charge in [-0.1, -0.05) is 22.9 Å². The Labute approximate surface area is 110 Å². The monoisotopic (exact) mass is 327 g/mol. The number of halogens is 1. The van der Waals surface area contributed by atoms with Gasteiger partial charge in [0.25, 0.3) is 0 Å². The molecule has 1 rings (SSSR count). The molecule has 0 aromatic rings. The van der Waals surface area contributed by atoms with Crippen LogP contribution in [0.5, 0.6) is 0 Å². The lowest BCUT2D eigenvalue weighted by molar-refractivity contribution is -0.132. The van der Waals surface area contributed by atoms with Gasteiger partial charge in [0.1, 0.15) is 0 Å². The largest absolute Gasteiger partial charge is 0.395 e. The summed E-state index contributed by atoms with van der Waals surface area (Å²) in [5, 5.41) is 8.97. The molecule has 1 heterocycles. The SMILES string of the molecule is CCC(Br)C(=O)N(CCO)C1CCS(=O)(=O)C1. The number of alkyl halides is 1. The van der Waals surface area contributed by atoms with Crippen molar-refractivity contribution in [3.63, 3.8) is 0 Å². The molecule has 1 fully saturated rings. The molecular weight excluding hydrogens is 310 g/mol. The molecule has 7 heteroatoms. The van der Waals surface area contributed by atoms with Gasteiger partial charge in [-0.3, -0.25) is 4.79 Å². The van der Waals surface area contributed by atoms with Crippen LogP contribution < -0.4 is 0 Å². The number of hydrogen-bond donors (Lipinski definition) is 1. The number of carbonyl (C=O) groups is 1. The highest BCUT2D eigenvalue weighted by atomic mass is 79.9. The van der Waals surface area contributed by atoms with Crippen LogP contribution in [-0.4, -0.2) is 59.9 Å². The number of aliphatic hydroxyl groups excluding tert-OH is 1. The predicted octanol–water partition coefficient (Wildman–Crippen LogP) is 0.168. The van der Waals surface area contributed by atoms with Gasteiger partial charge in [0, 0.05) is 12.6 Å². The molecule has 0 aliphatic carbocycles. The van der Waals surface area contributed by atoms with Crippen LogP contribution in [0.1, 0.15) is 19.8 Å². The maximum absolute atomic E-state index is 12.0. The number of rotatable bonds is 5. The van der Waals surface area contributed by atoms with Crippen molar-refractivity contribution < 1.29 is 18.3 Å². The molecule has 5 nitrogen and oxygen atoms in total. The summed E-state index contributed by atoms with van der Waals surface area (Å²) in [6.07, 6.45) is 1.11. The highest BCUT2D eigenvalue weighted by molar-refractivity contribution is 9.10. The van der Waals surface area contributed by atoms with Crippen LogP contribution in [0.25, 0.3) is 0 Å². The maximum atomic E-state index is 12.0. The van der Waals surface area contributed by atoms with Gasteiger partial charge in [-0.05, 0) is 12.8 Å². The molecule has 0 bridgehead atoms. The fourth-order valence-corrected chi connectivity index (χ4v) is 3.95. The molecule has 17 heavy (non-hydrogen) atoms. The molecule has 0 radical (unpaired) electrons. The third-order valence-corrected chi connectivity index (χ3v) is 5.69. The molecule has 1 aliphatic rings. The second-order valence-corrected chi connectivity index (χ2v) is 7.52. The van der Waals surface area contributed by atoms with Gasteiger partial charge in [-0.15, -0.1) is 0 Å². The van der Waals surface area contributed by atoms with Crippen molar-refractivity contribution in [3.8, 4) is 0 Å². The molecule has 1 amide bonds. The molecule has 1 saturated heterocycles. The summed E-state index contributed by atoms with van der Waals surface area (Å²) in [7, 11) is -3.02. The number of carbonyl (C=O) groups excluding carboxylic acids is 1. The second-order valence-electron chi connectivity index (χ2n) is 4.19. The summed E-state index contributed by atoms with van der Waals surface area (Å²) in [4.78, 5) is 13.2. The van der Waals surface area contributed by atoms with Crippen molar-refractivity contribution in [3.05, 3.63) is 0 Å². The predicted molar refractivity (Wildman–Crippen MR) is 68.9 cm³/mol. The summed E-state index contributed by atoms with van der Waals surface area (Å²) >= 11 is 3.27. The number of amides is 1. The van der Waals surface area contributed by atoms with E-state index in [1.54, 1.807) is 0 Å². The first kappa shape index (κ1) is 14.9. The van der Waals surface area contributed by atoms with E-state index in [9.17, 15) is 13.2 Å². The van der Waals surface area contributed by atoms with Crippen molar-refractivity contribution in [2.75, 3.05) is 24.7 Å². The van der Waals surface area contributed by atoms with Gasteiger partial charge in [0.05, 0.1) is 22.9 Å². The molecule has 2 atom stereocenters. The normalized spacial score (nSPS) is 24.5. The van der Waals surface area contributed by atoms with Crippen LogP contribution in [0.2, 0.25) is 0 Å². The number of aliphatic hydroxyl groups is 1. The Hall–Kier alpha value is -0.140. The number of hydrogen-bond acceptors (Lipinski definition) is 4. The summed E-state index contributed by atoms with van der Waals surface area (Å²) in [6.45, 7) is 1.92. The van der Waals surface area contributed by atoms with E-state index in [1.165, 1.54) is 4.90 Å². The number of nitrogens with zero attached hydrogens (tertiary/aromatic N) is 1. The van der Waals surface area contributed by atoms with Crippen molar-refractivity contribution in [1.82, 2.24) is 4.90 Å². The van der Waals surface area contributed by atoms with E-state index in [2.05, 4.69) is 15.9 Å². The average molecular weight is 328 g/mol. The van der Waals surface area contributed by atoms with E-state index in [-0.39, 0.29) is 41.4 Å². The molecule has 2 unspecified atom stereocenters. The lowest BCUT2D eigenvalue weighted by Gasteiger charge is -2.29. The van der Waals surface area contributed by atoms with Crippen molar-refractivity contribution in [2.24, 2.45) is 0 Å². The van der Waals surface area contributed by atoms with E-state index in [1.807, 2.05) is 6.92 Å². The van der Waals surface area contributed by atoms with E-state index in [0.717, 1.165) is 0 Å². The molecule has 1 N–H and O–H groups in total. The minimum Gasteiger partial charge on any atom is -0.395 e. The minimum absolute atomic E-state index is 0.0160. The summed E-state index contributed by atoms with van der Waals surface area (Å²) in [6, 6.07) is -0.286. The molecule has 0 aromatic carbocycles. The topological polar surface area (TPSA) is 74.7 Å². The van der Waals surface area contributed by atoms with E-state index >= 15 is 0 Å². The summed E-state index contributed by atoms with van der Waals surface area (Å²) in [5.41, 5.74) is 0. The standard InChI is InChI=1S/C10H18BrNO4S/c1-2-9(11)10(14)12(4-5-13)8-3-6-17(15,16)7-8/h8-9,13H,2-7H2,1H3. The van der Waals surface area contributed by atoms with Crippen LogP contribution in [0, 0.1) is 0 Å². The lowest BCUT2D eigenvalue weighted by Crippen LogP contribution is -2.46. The van der Waals surface area contributed by atoms with Gasteiger partial charge >= 0.3 is 0 Å². The molecule has 0 spiro atoms. The number of sulfone groups is 1. The second kappa shape index (κ2) is 6.15. The Balaban J connectivity index is 2.76. The zero-order chi connectivity index (χ0) is 13.1. The van der Waals surface area contributed by atoms with E-state index in [4.69, 9.17) is 5.11 Å². The summed E-state index contributed by atoms with van der Waals surface area (Å²) < 4.78 is 22.8. The summed E-state index contributed by atoms with van der Waals surface area (Å²) in [5.74, 6) is 0.0114. The lowest BCUT2D eigenvalue weighted by atomic mass is 10.2. The van der Waals surface area contributed by atoms with Crippen LogP contribution in [-0.2, 0) is 14.6 Å². The van der Waals surface area contributed by atoms with Gasteiger partial charge in [0.15, 0.2) is 9.84 Å². The van der Waals surface area contributed by atoms with Crippen LogP contribution >= 0.6 is 15.9 Å². The smallest absolute Gasteiger partial charge is 0.236 e. The van der Waals surface area contributed by atoms with Crippen LogP contribution in [0.4, 0.5) is 0 Å². The van der Waals surface area contributed by atoms with Gasteiger partial charge < -0.3 is 10.0 Å². The Morgan fingerprint density at radius 2 is 2.24 bits per heavy atom. The van der Waals surface area contributed by atoms with Gasteiger partial charge in [-0.25, -0.2) is 8.42 Å². The van der Waals surface area contributed by atoms with Crippen molar-refractivity contribution in [2.45, 2.75) is 30.6 Å². The minimum atomic E-state index is -3.02. The third kappa shape index (κ3) is 3.93. The molecule has 0 saturated carbocycles. The first-order valence-electron chi connectivity index (χ1n) is 5.67. The van der Waals surface area contributed by atoms with E-state index < -0.39 is 9.84 Å². The zero-order valence-corrected chi connectivity index (χ0v) is 12.2. The van der Waals surface area contributed by atoms with E-state index in [0.29, 0.717) is 12.8 Å². The average Bonchev–Trinajstić information content (AvgIpc) is 2.64. The fraction of sp³-hybridized carbons (Fsp3) is 0.900. The van der Waals surface area contributed by atoms with Crippen LogP contribution in [0.3, 0.4) is 0 Å². The van der Waals surface area contributed by atoms with Crippen LogP contribution in [0.15, 0.2) is 0 Å². The van der Waals surface area contributed by atoms with Gasteiger partial charge in [0.2, 0.25) is 5.91 Å². The molecule has 100 valence electrons. The zero-order valence-electron chi connectivity index (χ0n) is 9.80. The third-order valence-electron chi connectivity index (χ3n) is 2.90. The Bertz CT molecular complexity index is 371. The maximum Gasteiger partial charge on any atom is 0.236 e. The molecular formula is C10H18BrNO4S. The fourth-order valence-electron chi connectivity index (χ4n) is 1.96. The quantitative estimate of drug-likeness (QED) is 0.730. The van der Waals surface area contributed by atoms with Crippen molar-refractivity contribution in [1.29, 1.82) is 0 Å². The van der Waals surface area contributed by atoms with Gasteiger partial charge in [-0.2, -0.15) is 0 Å². The van der Waals surface area contributed by atoms with Crippen molar-refractivity contribution >= 4 is 31.7 Å². The highest BCUT2D eigenvalue weighted by Crippen LogP contribution is 2.20. The Kier molecular flexibility index (Phi) is 5.40. The Morgan fingerprint density at radius 1 is 1.59 bits per heavy atom. The first-order chi connectivity index (χ1) is 7.91. The Morgan fingerprint density at radius 3 is 2.65 bits per heavy atom. The molecule has 0 aromatic heterocycles. The first-order valence-corrected chi connectivity index (χ1v) is 8.40. The highest BCUT2D eigenvalue weighted by Gasteiger charge is 2.35.